The molecule has 11 nitrogen and oxygen atoms in total. The van der Waals surface area contributed by atoms with Crippen LogP contribution >= 0.6 is 0 Å². The Morgan fingerprint density at radius 3 is 2.73 bits per heavy atom. The molecule has 11 heteroatoms. The van der Waals surface area contributed by atoms with E-state index in [-0.39, 0.29) is 18.6 Å². The normalized spacial score (nSPS) is 20.8. The molecule has 2 fully saturated rings. The number of amides is 1. The van der Waals surface area contributed by atoms with E-state index in [1.807, 2.05) is 39.2 Å². The Labute approximate surface area is 259 Å². The molecule has 0 N–H and O–H groups in total. The first kappa shape index (κ1) is 29.9. The number of hydrogen-bond donors (Lipinski definition) is 0. The summed E-state index contributed by atoms with van der Waals surface area (Å²) in [6.07, 6.45) is 6.61. The smallest absolute Gasteiger partial charge is 0.410 e. The average Bonchev–Trinajstić information content (AvgIpc) is 3.42. The summed E-state index contributed by atoms with van der Waals surface area (Å²) < 4.78 is 12.0. The minimum atomic E-state index is -0.608. The SMILES string of the molecule is CN1CCC[C@H]1COc1nc2c(c(N3CCN(C(=O)OC(C)(C)C)[C@@H](CC#N)C3)n1)CCN(c1cccc3ccncc13)C2. The van der Waals surface area contributed by atoms with Gasteiger partial charge in [0, 0.05) is 61.3 Å². The number of carbonyl (C=O) groups is 1. The number of hydrogen-bond acceptors (Lipinski definition) is 10. The number of nitriles is 1. The van der Waals surface area contributed by atoms with Gasteiger partial charge in [0.1, 0.15) is 18.0 Å². The first-order valence-corrected chi connectivity index (χ1v) is 15.6. The van der Waals surface area contributed by atoms with E-state index in [4.69, 9.17) is 19.4 Å². The number of benzene rings is 1. The van der Waals surface area contributed by atoms with Gasteiger partial charge in [0.25, 0.3) is 0 Å². The van der Waals surface area contributed by atoms with Crippen LogP contribution in [-0.2, 0) is 17.7 Å². The Kier molecular flexibility index (Phi) is 8.45. The van der Waals surface area contributed by atoms with E-state index in [2.05, 4.69) is 51.0 Å². The number of likely N-dealkylation sites (tertiary alicyclic amines) is 1. The van der Waals surface area contributed by atoms with Gasteiger partial charge in [-0.3, -0.25) is 4.98 Å². The second kappa shape index (κ2) is 12.4. The minimum absolute atomic E-state index is 0.212. The van der Waals surface area contributed by atoms with Crippen LogP contribution in [0.25, 0.3) is 10.8 Å². The van der Waals surface area contributed by atoms with Crippen molar-refractivity contribution in [3.05, 3.63) is 47.9 Å². The Hall–Kier alpha value is -4.17. The molecule has 0 saturated carbocycles. The van der Waals surface area contributed by atoms with E-state index in [9.17, 15) is 10.1 Å². The van der Waals surface area contributed by atoms with Crippen LogP contribution < -0.4 is 14.5 Å². The molecule has 2 atom stereocenters. The van der Waals surface area contributed by atoms with Crippen LogP contribution in [0.4, 0.5) is 16.3 Å². The molecule has 6 rings (SSSR count). The molecule has 1 amide bonds. The predicted octanol–water partition coefficient (Wildman–Crippen LogP) is 4.40. The number of aromatic nitrogens is 3. The highest BCUT2D eigenvalue weighted by Crippen LogP contribution is 2.35. The fourth-order valence-corrected chi connectivity index (χ4v) is 6.54. The molecule has 0 aliphatic carbocycles. The molecular weight excluding hydrogens is 556 g/mol. The van der Waals surface area contributed by atoms with Gasteiger partial charge in [-0.05, 0) is 71.1 Å². The van der Waals surface area contributed by atoms with Crippen molar-refractivity contribution in [3.8, 4) is 12.1 Å². The van der Waals surface area contributed by atoms with E-state index >= 15 is 0 Å². The number of fused-ring (bicyclic) bond motifs is 2. The van der Waals surface area contributed by atoms with Crippen LogP contribution in [0.1, 0.15) is 51.3 Å². The third kappa shape index (κ3) is 6.36. The number of rotatable bonds is 6. The van der Waals surface area contributed by atoms with Crippen molar-refractivity contribution < 1.29 is 14.3 Å². The third-order valence-electron chi connectivity index (χ3n) is 8.84. The summed E-state index contributed by atoms with van der Waals surface area (Å²) in [6.45, 7) is 10.1. The highest BCUT2D eigenvalue weighted by molar-refractivity contribution is 5.93. The molecule has 0 bridgehead atoms. The standard InChI is InChI=1S/C33H42N8O3/c1-33(2,3)44-32(42)41-18-17-40(20-24(41)10-13-34)30-26-12-16-39(29-9-5-7-23-11-14-35-19-27(23)29)21-28(26)36-31(37-30)43-22-25-8-6-15-38(25)4/h5,7,9,11,14,19,24-25H,6,8,10,12,15-18,20-22H2,1-4H3/t24-,25-/m0/s1. The van der Waals surface area contributed by atoms with Crippen LogP contribution in [0.5, 0.6) is 6.01 Å². The Bertz CT molecular complexity index is 1550. The summed E-state index contributed by atoms with van der Waals surface area (Å²) in [7, 11) is 2.14. The van der Waals surface area contributed by atoms with Gasteiger partial charge in [0.2, 0.25) is 0 Å². The van der Waals surface area contributed by atoms with Gasteiger partial charge < -0.3 is 29.1 Å². The van der Waals surface area contributed by atoms with E-state index in [0.29, 0.717) is 44.8 Å². The van der Waals surface area contributed by atoms with Crippen molar-refractivity contribution in [1.82, 2.24) is 24.8 Å². The van der Waals surface area contributed by atoms with Crippen LogP contribution in [0.2, 0.25) is 0 Å². The van der Waals surface area contributed by atoms with Crippen molar-refractivity contribution in [2.24, 2.45) is 0 Å². The molecule has 3 aliphatic heterocycles. The third-order valence-corrected chi connectivity index (χ3v) is 8.84. The lowest BCUT2D eigenvalue weighted by atomic mass is 10.0. The zero-order valence-electron chi connectivity index (χ0n) is 26.2. The van der Waals surface area contributed by atoms with Gasteiger partial charge in [-0.25, -0.2) is 4.79 Å². The highest BCUT2D eigenvalue weighted by Gasteiger charge is 2.36. The fraction of sp³-hybridized carbons (Fsp3) is 0.545. The molecule has 3 aromatic rings. The summed E-state index contributed by atoms with van der Waals surface area (Å²) >= 11 is 0. The number of carbonyl (C=O) groups excluding carboxylic acids is 1. The molecular formula is C33H42N8O3. The van der Waals surface area contributed by atoms with Crippen LogP contribution in [-0.4, -0.2) is 94.9 Å². The summed E-state index contributed by atoms with van der Waals surface area (Å²) in [5.41, 5.74) is 2.58. The maximum absolute atomic E-state index is 13.0. The topological polar surface area (TPSA) is 111 Å². The first-order chi connectivity index (χ1) is 21.2. The number of ether oxygens (including phenoxy) is 2. The quantitative estimate of drug-likeness (QED) is 0.405. The van der Waals surface area contributed by atoms with E-state index < -0.39 is 5.60 Å². The molecule has 232 valence electrons. The molecule has 1 aromatic carbocycles. The van der Waals surface area contributed by atoms with E-state index in [0.717, 1.165) is 65.9 Å². The lowest BCUT2D eigenvalue weighted by molar-refractivity contribution is 0.0144. The number of piperazine rings is 1. The van der Waals surface area contributed by atoms with Gasteiger partial charge in [0.15, 0.2) is 0 Å². The zero-order valence-corrected chi connectivity index (χ0v) is 26.2. The summed E-state index contributed by atoms with van der Waals surface area (Å²) in [6, 6.07) is 11.1. The largest absolute Gasteiger partial charge is 0.462 e. The fourth-order valence-electron chi connectivity index (χ4n) is 6.54. The second-order valence-electron chi connectivity index (χ2n) is 13.0. The number of nitrogens with zero attached hydrogens (tertiary/aromatic N) is 8. The molecule has 3 aliphatic rings. The van der Waals surface area contributed by atoms with Gasteiger partial charge in [-0.2, -0.15) is 15.2 Å². The van der Waals surface area contributed by atoms with Crippen molar-refractivity contribution in [2.45, 2.75) is 70.7 Å². The van der Waals surface area contributed by atoms with Crippen molar-refractivity contribution in [3.63, 3.8) is 0 Å². The van der Waals surface area contributed by atoms with Gasteiger partial charge in [0.05, 0.1) is 30.8 Å². The molecule has 2 saturated heterocycles. The molecule has 44 heavy (non-hydrogen) atoms. The maximum atomic E-state index is 13.0. The van der Waals surface area contributed by atoms with Crippen LogP contribution in [0, 0.1) is 11.3 Å². The van der Waals surface area contributed by atoms with E-state index in [1.165, 1.54) is 0 Å². The van der Waals surface area contributed by atoms with Gasteiger partial charge >= 0.3 is 12.1 Å². The Balaban J connectivity index is 1.30. The summed E-state index contributed by atoms with van der Waals surface area (Å²) in [4.78, 5) is 36.0. The molecule has 0 spiro atoms. The average molecular weight is 599 g/mol. The van der Waals surface area contributed by atoms with Crippen LogP contribution in [0.3, 0.4) is 0 Å². The summed E-state index contributed by atoms with van der Waals surface area (Å²) in [5.74, 6) is 0.843. The van der Waals surface area contributed by atoms with Crippen molar-refractivity contribution in [1.29, 1.82) is 5.26 Å². The lowest BCUT2D eigenvalue weighted by Crippen LogP contribution is -2.56. The van der Waals surface area contributed by atoms with Gasteiger partial charge in [-0.15, -0.1) is 0 Å². The van der Waals surface area contributed by atoms with Crippen LogP contribution in [0.15, 0.2) is 36.7 Å². The lowest BCUT2D eigenvalue weighted by Gasteiger charge is -2.42. The maximum Gasteiger partial charge on any atom is 0.410 e. The number of pyridine rings is 1. The highest BCUT2D eigenvalue weighted by atomic mass is 16.6. The summed E-state index contributed by atoms with van der Waals surface area (Å²) in [5, 5.41) is 11.9. The molecule has 2 aromatic heterocycles. The predicted molar refractivity (Wildman–Crippen MR) is 169 cm³/mol. The molecule has 0 unspecified atom stereocenters. The minimum Gasteiger partial charge on any atom is -0.462 e. The van der Waals surface area contributed by atoms with Gasteiger partial charge in [-0.1, -0.05) is 12.1 Å². The first-order valence-electron chi connectivity index (χ1n) is 15.6. The van der Waals surface area contributed by atoms with Crippen molar-refractivity contribution >= 4 is 28.4 Å². The molecule has 5 heterocycles. The molecule has 0 radical (unpaired) electrons. The zero-order chi connectivity index (χ0) is 30.8. The second-order valence-corrected chi connectivity index (χ2v) is 13.0. The Morgan fingerprint density at radius 1 is 1.09 bits per heavy atom. The van der Waals surface area contributed by atoms with Crippen molar-refractivity contribution in [2.75, 3.05) is 56.2 Å². The Morgan fingerprint density at radius 2 is 1.95 bits per heavy atom. The van der Waals surface area contributed by atoms with E-state index in [1.54, 1.807) is 4.90 Å². The monoisotopic (exact) mass is 598 g/mol. The number of likely N-dealkylation sites (N-methyl/N-ethyl adjacent to an activating group) is 1. The number of anilines is 2.